The highest BCUT2D eigenvalue weighted by Gasteiger charge is 2.22. The summed E-state index contributed by atoms with van der Waals surface area (Å²) in [6.45, 7) is 1.90. The van der Waals surface area contributed by atoms with Crippen LogP contribution in [0.5, 0.6) is 17.2 Å². The van der Waals surface area contributed by atoms with E-state index >= 15 is 0 Å². The minimum atomic E-state index is -0.0305. The lowest BCUT2D eigenvalue weighted by Gasteiger charge is -2.29. The predicted octanol–water partition coefficient (Wildman–Crippen LogP) is 3.82. The number of rotatable bonds is 4. The van der Waals surface area contributed by atoms with Crippen LogP contribution < -0.4 is 9.47 Å². The van der Waals surface area contributed by atoms with Crippen molar-refractivity contribution in [2.45, 2.75) is 12.6 Å². The Morgan fingerprint density at radius 3 is 2.64 bits per heavy atom. The van der Waals surface area contributed by atoms with Gasteiger partial charge in [-0.25, -0.2) is 0 Å². The first kappa shape index (κ1) is 15.8. The SMILES string of the molecule is CN(Cc1c(O)ccc2ccccc12)CC1COc2ccccc2O1. The molecule has 128 valence electrons. The quantitative estimate of drug-likeness (QED) is 0.787. The zero-order valence-electron chi connectivity index (χ0n) is 14.2. The van der Waals surface area contributed by atoms with Crippen molar-refractivity contribution in [3.63, 3.8) is 0 Å². The van der Waals surface area contributed by atoms with Gasteiger partial charge in [-0.15, -0.1) is 0 Å². The fourth-order valence-corrected chi connectivity index (χ4v) is 3.33. The van der Waals surface area contributed by atoms with Crippen LogP contribution in [-0.4, -0.2) is 36.3 Å². The Kier molecular flexibility index (Phi) is 4.20. The van der Waals surface area contributed by atoms with Crippen LogP contribution in [-0.2, 0) is 6.54 Å². The van der Waals surface area contributed by atoms with Crippen LogP contribution in [0.15, 0.2) is 60.7 Å². The van der Waals surface area contributed by atoms with Gasteiger partial charge in [0.15, 0.2) is 11.5 Å². The third-order valence-corrected chi connectivity index (χ3v) is 4.53. The standard InChI is InChI=1S/C21H21NO3/c1-22(12-16-14-24-20-8-4-5-9-21(20)25-16)13-18-17-7-3-2-6-15(17)10-11-19(18)23/h2-11,16,23H,12-14H2,1H3. The summed E-state index contributed by atoms with van der Waals surface area (Å²) in [6.07, 6.45) is -0.0305. The smallest absolute Gasteiger partial charge is 0.161 e. The van der Waals surface area contributed by atoms with Crippen LogP contribution in [0.25, 0.3) is 10.8 Å². The Hall–Kier alpha value is -2.72. The van der Waals surface area contributed by atoms with Crippen molar-refractivity contribution in [2.75, 3.05) is 20.2 Å². The van der Waals surface area contributed by atoms with E-state index in [1.165, 1.54) is 0 Å². The molecule has 0 spiro atoms. The van der Waals surface area contributed by atoms with Crippen LogP contribution in [0.3, 0.4) is 0 Å². The van der Waals surface area contributed by atoms with Crippen molar-refractivity contribution in [2.24, 2.45) is 0 Å². The molecule has 1 heterocycles. The molecule has 4 nitrogen and oxygen atoms in total. The molecule has 0 amide bonds. The highest BCUT2D eigenvalue weighted by molar-refractivity contribution is 5.87. The first-order valence-electron chi connectivity index (χ1n) is 8.47. The zero-order valence-corrected chi connectivity index (χ0v) is 14.2. The molecule has 0 radical (unpaired) electrons. The van der Waals surface area contributed by atoms with Crippen molar-refractivity contribution in [1.29, 1.82) is 0 Å². The molecule has 3 aromatic rings. The number of ether oxygens (including phenoxy) is 2. The van der Waals surface area contributed by atoms with Crippen molar-refractivity contribution in [1.82, 2.24) is 4.90 Å². The molecule has 0 bridgehead atoms. The van der Waals surface area contributed by atoms with Gasteiger partial charge < -0.3 is 14.6 Å². The van der Waals surface area contributed by atoms with E-state index in [1.807, 2.05) is 49.5 Å². The monoisotopic (exact) mass is 335 g/mol. The molecule has 0 fully saturated rings. The Bertz CT molecular complexity index is 893. The van der Waals surface area contributed by atoms with E-state index in [0.29, 0.717) is 18.9 Å². The highest BCUT2D eigenvalue weighted by Crippen LogP contribution is 2.32. The van der Waals surface area contributed by atoms with Crippen LogP contribution >= 0.6 is 0 Å². The number of phenolic OH excluding ortho intramolecular Hbond substituents is 1. The maximum atomic E-state index is 10.3. The van der Waals surface area contributed by atoms with E-state index in [1.54, 1.807) is 6.07 Å². The van der Waals surface area contributed by atoms with Crippen LogP contribution in [0.1, 0.15) is 5.56 Å². The average molecular weight is 335 g/mol. The topological polar surface area (TPSA) is 41.9 Å². The Balaban J connectivity index is 1.48. The molecule has 3 aromatic carbocycles. The van der Waals surface area contributed by atoms with E-state index in [2.05, 4.69) is 17.0 Å². The lowest BCUT2D eigenvalue weighted by Crippen LogP contribution is -2.39. The number of para-hydroxylation sites is 2. The maximum absolute atomic E-state index is 10.3. The van der Waals surface area contributed by atoms with Gasteiger partial charge in [0, 0.05) is 18.7 Å². The fraction of sp³-hybridized carbons (Fsp3) is 0.238. The summed E-state index contributed by atoms with van der Waals surface area (Å²) in [5.41, 5.74) is 0.942. The molecule has 1 aliphatic heterocycles. The molecule has 25 heavy (non-hydrogen) atoms. The number of fused-ring (bicyclic) bond motifs is 2. The molecular weight excluding hydrogens is 314 g/mol. The fourth-order valence-electron chi connectivity index (χ4n) is 3.33. The van der Waals surface area contributed by atoms with Crippen molar-refractivity contribution in [3.8, 4) is 17.2 Å². The molecular formula is C21H21NO3. The zero-order chi connectivity index (χ0) is 17.2. The maximum Gasteiger partial charge on any atom is 0.161 e. The summed E-state index contributed by atoms with van der Waals surface area (Å²) in [7, 11) is 2.03. The van der Waals surface area contributed by atoms with E-state index in [9.17, 15) is 5.11 Å². The minimum Gasteiger partial charge on any atom is -0.508 e. The van der Waals surface area contributed by atoms with Crippen molar-refractivity contribution >= 4 is 10.8 Å². The third-order valence-electron chi connectivity index (χ3n) is 4.53. The van der Waals surface area contributed by atoms with Crippen LogP contribution in [0.4, 0.5) is 0 Å². The third kappa shape index (κ3) is 3.26. The van der Waals surface area contributed by atoms with E-state index in [0.717, 1.165) is 34.4 Å². The van der Waals surface area contributed by atoms with E-state index in [-0.39, 0.29) is 6.10 Å². The van der Waals surface area contributed by atoms with E-state index < -0.39 is 0 Å². The lowest BCUT2D eigenvalue weighted by molar-refractivity contribution is 0.0637. The summed E-state index contributed by atoms with van der Waals surface area (Å²) in [5, 5.41) is 12.5. The molecule has 0 saturated carbocycles. The van der Waals surface area contributed by atoms with Gasteiger partial charge in [0.25, 0.3) is 0 Å². The van der Waals surface area contributed by atoms with Gasteiger partial charge in [0.05, 0.1) is 0 Å². The van der Waals surface area contributed by atoms with Gasteiger partial charge in [0.1, 0.15) is 18.5 Å². The number of nitrogens with zero attached hydrogens (tertiary/aromatic N) is 1. The average Bonchev–Trinajstić information content (AvgIpc) is 2.64. The minimum absolute atomic E-state index is 0.0305. The van der Waals surface area contributed by atoms with Crippen LogP contribution in [0.2, 0.25) is 0 Å². The molecule has 0 aromatic heterocycles. The summed E-state index contributed by atoms with van der Waals surface area (Å²) >= 11 is 0. The largest absolute Gasteiger partial charge is 0.508 e. The predicted molar refractivity (Wildman–Crippen MR) is 98.3 cm³/mol. The normalized spacial score (nSPS) is 16.3. The number of likely N-dealkylation sites (N-methyl/N-ethyl adjacent to an activating group) is 1. The molecule has 0 aliphatic carbocycles. The van der Waals surface area contributed by atoms with Gasteiger partial charge in [-0.3, -0.25) is 4.90 Å². The summed E-state index contributed by atoms with van der Waals surface area (Å²) < 4.78 is 11.8. The van der Waals surface area contributed by atoms with Crippen molar-refractivity contribution < 1.29 is 14.6 Å². The van der Waals surface area contributed by atoms with Gasteiger partial charge in [-0.05, 0) is 36.0 Å². The first-order chi connectivity index (χ1) is 12.2. The summed E-state index contributed by atoms with van der Waals surface area (Å²) in [4.78, 5) is 2.16. The van der Waals surface area contributed by atoms with Gasteiger partial charge in [-0.2, -0.15) is 0 Å². The first-order valence-corrected chi connectivity index (χ1v) is 8.47. The summed E-state index contributed by atoms with van der Waals surface area (Å²) in [5.74, 6) is 1.92. The molecule has 1 aliphatic rings. The van der Waals surface area contributed by atoms with Crippen LogP contribution in [0, 0.1) is 0 Å². The van der Waals surface area contributed by atoms with Gasteiger partial charge >= 0.3 is 0 Å². The molecule has 4 heteroatoms. The highest BCUT2D eigenvalue weighted by atomic mass is 16.6. The Labute approximate surface area is 147 Å². The second-order valence-electron chi connectivity index (χ2n) is 6.48. The molecule has 4 rings (SSSR count). The van der Waals surface area contributed by atoms with Gasteiger partial charge in [0.2, 0.25) is 0 Å². The summed E-state index contributed by atoms with van der Waals surface area (Å²) in [6, 6.07) is 19.6. The Morgan fingerprint density at radius 2 is 1.76 bits per heavy atom. The second-order valence-corrected chi connectivity index (χ2v) is 6.48. The Morgan fingerprint density at radius 1 is 1.00 bits per heavy atom. The lowest BCUT2D eigenvalue weighted by atomic mass is 10.0. The van der Waals surface area contributed by atoms with E-state index in [4.69, 9.17) is 9.47 Å². The number of aromatic hydroxyl groups is 1. The molecule has 1 N–H and O–H groups in total. The van der Waals surface area contributed by atoms with Gasteiger partial charge in [-0.1, -0.05) is 42.5 Å². The number of hydrogen-bond acceptors (Lipinski definition) is 4. The molecule has 0 saturated heterocycles. The number of benzene rings is 3. The molecule has 1 atom stereocenters. The number of phenols is 1. The second kappa shape index (κ2) is 6.65. The number of hydrogen-bond donors (Lipinski definition) is 1. The van der Waals surface area contributed by atoms with Crippen molar-refractivity contribution in [3.05, 3.63) is 66.2 Å². The molecule has 1 unspecified atom stereocenters.